The maximum absolute atomic E-state index is 10.9. The van der Waals surface area contributed by atoms with Gasteiger partial charge in [0.1, 0.15) is 24.4 Å². The van der Waals surface area contributed by atoms with Crippen molar-refractivity contribution in [2.24, 2.45) is 0 Å². The van der Waals surface area contributed by atoms with Crippen molar-refractivity contribution < 1.29 is 33.5 Å². The van der Waals surface area contributed by atoms with Crippen molar-refractivity contribution >= 4 is 11.8 Å². The van der Waals surface area contributed by atoms with Crippen molar-refractivity contribution in [2.75, 3.05) is 12.9 Å². The van der Waals surface area contributed by atoms with Gasteiger partial charge in [-0.2, -0.15) is 0 Å². The molecule has 0 radical (unpaired) electrons. The predicted octanol–water partition coefficient (Wildman–Crippen LogP) is 8.52. The van der Waals surface area contributed by atoms with Crippen LogP contribution in [0, 0.1) is 0 Å². The Kier molecular flexibility index (Phi) is 12.2. The summed E-state index contributed by atoms with van der Waals surface area (Å²) in [5.74, 6) is -1.38. The van der Waals surface area contributed by atoms with Gasteiger partial charge in [0.05, 0.1) is 45.7 Å². The van der Waals surface area contributed by atoms with E-state index in [1.807, 2.05) is 122 Å². The SMILES string of the molecule is CSc1cc2c(cc1C(C)O)[C@]1(OC2)O[C@H](COCc2ccccc2)[C@@H](OCc2ccccc2)[C@H](OCc2ccccc2)[C@H]1OCc1ccccc1. The first-order chi connectivity index (χ1) is 25.5. The Morgan fingerprint density at radius 1 is 0.692 bits per heavy atom. The molecule has 0 aliphatic carbocycles. The summed E-state index contributed by atoms with van der Waals surface area (Å²) < 4.78 is 41.3. The fraction of sp³-hybridized carbons (Fsp3) is 0.318. The fourth-order valence-corrected chi connectivity index (χ4v) is 7.74. The van der Waals surface area contributed by atoms with Crippen molar-refractivity contribution in [1.29, 1.82) is 0 Å². The number of rotatable bonds is 15. The number of fused-ring (bicyclic) bond motifs is 2. The molecule has 1 unspecified atom stereocenters. The third-order valence-electron chi connectivity index (χ3n) is 9.65. The molecule has 1 saturated heterocycles. The molecule has 270 valence electrons. The minimum Gasteiger partial charge on any atom is -0.389 e. The first-order valence-electron chi connectivity index (χ1n) is 17.8. The predicted molar refractivity (Wildman–Crippen MR) is 201 cm³/mol. The summed E-state index contributed by atoms with van der Waals surface area (Å²) in [7, 11) is 0. The summed E-state index contributed by atoms with van der Waals surface area (Å²) >= 11 is 1.60. The Bertz CT molecular complexity index is 1840. The van der Waals surface area contributed by atoms with E-state index in [1.165, 1.54) is 0 Å². The third kappa shape index (κ3) is 8.36. The number of ether oxygens (including phenoxy) is 6. The average Bonchev–Trinajstić information content (AvgIpc) is 3.54. The van der Waals surface area contributed by atoms with Gasteiger partial charge in [-0.1, -0.05) is 121 Å². The standard InChI is InChI=1S/C44H46O7S/c1-31(45)37-24-38-36(23-40(37)52-2)29-50-44(38)43(49-28-35-21-13-6-14-22-35)42(48-27-34-19-11-5-12-20-34)41(47-26-33-17-9-4-10-18-33)39(51-44)30-46-25-32-15-7-3-8-16-32/h3-24,31,39,41-43,45H,25-30H2,1-2H3/t31?,39-,41-,42+,43-,44+/m1/s1. The highest BCUT2D eigenvalue weighted by molar-refractivity contribution is 7.98. The smallest absolute Gasteiger partial charge is 0.226 e. The van der Waals surface area contributed by atoms with Gasteiger partial charge in [-0.25, -0.2) is 0 Å². The molecule has 7 rings (SSSR count). The van der Waals surface area contributed by atoms with Gasteiger partial charge in [0.15, 0.2) is 0 Å². The topological polar surface area (TPSA) is 75.6 Å². The van der Waals surface area contributed by atoms with E-state index < -0.39 is 36.3 Å². The fourth-order valence-electron chi connectivity index (χ4n) is 7.02. The molecular weight excluding hydrogens is 673 g/mol. The van der Waals surface area contributed by atoms with E-state index in [-0.39, 0.29) is 6.61 Å². The molecule has 0 bridgehead atoms. The second-order valence-corrected chi connectivity index (χ2v) is 14.1. The largest absolute Gasteiger partial charge is 0.389 e. The van der Waals surface area contributed by atoms with Crippen LogP contribution in [0.1, 0.15) is 52.0 Å². The van der Waals surface area contributed by atoms with Crippen LogP contribution in [0.4, 0.5) is 0 Å². The van der Waals surface area contributed by atoms with Crippen LogP contribution >= 0.6 is 11.8 Å². The Morgan fingerprint density at radius 2 is 1.19 bits per heavy atom. The molecule has 7 nitrogen and oxygen atoms in total. The van der Waals surface area contributed by atoms with Crippen LogP contribution in [0.25, 0.3) is 0 Å². The zero-order chi connectivity index (χ0) is 35.8. The molecular formula is C44H46O7S. The van der Waals surface area contributed by atoms with Gasteiger partial charge >= 0.3 is 0 Å². The van der Waals surface area contributed by atoms with E-state index in [2.05, 4.69) is 18.2 Å². The number of benzene rings is 5. The first-order valence-corrected chi connectivity index (χ1v) is 19.1. The molecule has 8 heteroatoms. The van der Waals surface area contributed by atoms with E-state index in [1.54, 1.807) is 18.7 Å². The van der Waals surface area contributed by atoms with Crippen LogP contribution in [-0.2, 0) is 67.2 Å². The maximum atomic E-state index is 10.9. The Labute approximate surface area is 310 Å². The van der Waals surface area contributed by atoms with Crippen molar-refractivity contribution in [3.63, 3.8) is 0 Å². The Morgan fingerprint density at radius 3 is 1.71 bits per heavy atom. The van der Waals surface area contributed by atoms with E-state index in [9.17, 15) is 5.11 Å². The Balaban J connectivity index is 1.32. The molecule has 5 aromatic carbocycles. The Hall–Kier alpha value is -3.83. The van der Waals surface area contributed by atoms with Crippen molar-refractivity contribution in [3.05, 3.63) is 172 Å². The number of hydrogen-bond donors (Lipinski definition) is 1. The van der Waals surface area contributed by atoms with Gasteiger partial charge in [0.25, 0.3) is 0 Å². The van der Waals surface area contributed by atoms with Gasteiger partial charge < -0.3 is 33.5 Å². The molecule has 1 N–H and O–H groups in total. The molecule has 0 aromatic heterocycles. The van der Waals surface area contributed by atoms with E-state index in [4.69, 9.17) is 28.4 Å². The summed E-state index contributed by atoms with van der Waals surface area (Å²) in [6.45, 7) is 3.69. The van der Waals surface area contributed by atoms with Crippen LogP contribution in [0.15, 0.2) is 138 Å². The minimum absolute atomic E-state index is 0.220. The van der Waals surface area contributed by atoms with Gasteiger partial charge in [-0.05, 0) is 58.7 Å². The lowest BCUT2D eigenvalue weighted by molar-refractivity contribution is -0.387. The second-order valence-electron chi connectivity index (χ2n) is 13.3. The molecule has 1 fully saturated rings. The van der Waals surface area contributed by atoms with Gasteiger partial charge in [-0.3, -0.25) is 0 Å². The van der Waals surface area contributed by atoms with Crippen LogP contribution in [0.2, 0.25) is 0 Å². The van der Waals surface area contributed by atoms with E-state index in [0.29, 0.717) is 33.0 Å². The molecule has 2 heterocycles. The minimum atomic E-state index is -1.38. The van der Waals surface area contributed by atoms with Crippen LogP contribution < -0.4 is 0 Å². The number of aliphatic hydroxyl groups excluding tert-OH is 1. The zero-order valence-electron chi connectivity index (χ0n) is 29.6. The highest BCUT2D eigenvalue weighted by atomic mass is 32.2. The van der Waals surface area contributed by atoms with Crippen LogP contribution in [-0.4, -0.2) is 42.4 Å². The molecule has 52 heavy (non-hydrogen) atoms. The zero-order valence-corrected chi connectivity index (χ0v) is 30.5. The quantitative estimate of drug-likeness (QED) is 0.108. The van der Waals surface area contributed by atoms with Gasteiger partial charge in [-0.15, -0.1) is 11.8 Å². The van der Waals surface area contributed by atoms with Gasteiger partial charge in [0.2, 0.25) is 5.79 Å². The van der Waals surface area contributed by atoms with Crippen LogP contribution in [0.3, 0.4) is 0 Å². The number of thioether (sulfide) groups is 1. The summed E-state index contributed by atoms with van der Waals surface area (Å²) in [4.78, 5) is 0.996. The van der Waals surface area contributed by atoms with Crippen molar-refractivity contribution in [2.45, 2.75) is 81.2 Å². The summed E-state index contributed by atoms with van der Waals surface area (Å²) in [5.41, 5.74) is 6.74. The molecule has 1 spiro atoms. The lowest BCUT2D eigenvalue weighted by Gasteiger charge is -2.51. The highest BCUT2D eigenvalue weighted by Crippen LogP contribution is 2.50. The van der Waals surface area contributed by atoms with E-state index in [0.717, 1.165) is 43.8 Å². The number of hydrogen-bond acceptors (Lipinski definition) is 8. The molecule has 0 amide bonds. The first kappa shape index (κ1) is 36.5. The highest BCUT2D eigenvalue weighted by Gasteiger charge is 2.61. The summed E-state index contributed by atoms with van der Waals surface area (Å²) in [5, 5.41) is 10.9. The third-order valence-corrected chi connectivity index (χ3v) is 10.4. The molecule has 5 aromatic rings. The van der Waals surface area contributed by atoms with Crippen molar-refractivity contribution in [3.8, 4) is 0 Å². The molecule has 0 saturated carbocycles. The van der Waals surface area contributed by atoms with Crippen molar-refractivity contribution in [1.82, 2.24) is 0 Å². The second kappa shape index (κ2) is 17.3. The molecule has 6 atom stereocenters. The van der Waals surface area contributed by atoms with Gasteiger partial charge in [0, 0.05) is 10.5 Å². The normalized spacial score (nSPS) is 23.1. The average molecular weight is 719 g/mol. The molecule has 2 aliphatic rings. The maximum Gasteiger partial charge on any atom is 0.226 e. The summed E-state index contributed by atoms with van der Waals surface area (Å²) in [6.07, 6.45) is -1.29. The van der Waals surface area contributed by atoms with Crippen LogP contribution in [0.5, 0.6) is 0 Å². The number of aliphatic hydroxyl groups is 1. The molecule has 2 aliphatic heterocycles. The monoisotopic (exact) mass is 718 g/mol. The van der Waals surface area contributed by atoms with E-state index >= 15 is 0 Å². The lowest BCUT2D eigenvalue weighted by Crippen LogP contribution is -2.65. The lowest BCUT2D eigenvalue weighted by atomic mass is 9.85. The summed E-state index contributed by atoms with van der Waals surface area (Å²) in [6, 6.07) is 44.5.